The molecule has 0 spiro atoms. The summed E-state index contributed by atoms with van der Waals surface area (Å²) >= 11 is 0. The molecule has 1 unspecified atom stereocenters. The van der Waals surface area contributed by atoms with Gasteiger partial charge in [-0.2, -0.15) is 13.2 Å². The minimum absolute atomic E-state index is 0.0642. The molecule has 1 aliphatic rings. The predicted molar refractivity (Wildman–Crippen MR) is 104 cm³/mol. The summed E-state index contributed by atoms with van der Waals surface area (Å²) in [4.78, 5) is 34.6. The first-order valence-corrected chi connectivity index (χ1v) is 9.45. The number of carbonyl (C=O) groups excluding carboxylic acids is 1. The van der Waals surface area contributed by atoms with Crippen LogP contribution >= 0.6 is 0 Å². The van der Waals surface area contributed by atoms with Crippen LogP contribution in [0.1, 0.15) is 23.2 Å². The fourth-order valence-corrected chi connectivity index (χ4v) is 3.10. The van der Waals surface area contributed by atoms with Gasteiger partial charge in [-0.25, -0.2) is 4.79 Å². The number of furan rings is 1. The molecular formula is C20H24F3N3O5. The summed E-state index contributed by atoms with van der Waals surface area (Å²) in [5.74, 6) is -2.82. The standard InChI is InChI=1S/C18H23N3O3.C2HF3O2/c1-20(2)18(23)11-21-16-5-4-15(9-14(16)3-6-17(21)22)19-10-13-7-8-24-12-13;3-2(4,5)1(6)7/h3,6-8,12,15,19H,4-5,9-11H2,1-2H3;(H,6,7). The van der Waals surface area contributed by atoms with Crippen molar-refractivity contribution in [3.8, 4) is 0 Å². The van der Waals surface area contributed by atoms with Gasteiger partial charge < -0.3 is 24.3 Å². The van der Waals surface area contributed by atoms with Crippen LogP contribution in [0.2, 0.25) is 0 Å². The van der Waals surface area contributed by atoms with Crippen LogP contribution in [0.3, 0.4) is 0 Å². The number of aliphatic carboxylic acids is 1. The highest BCUT2D eigenvalue weighted by atomic mass is 19.4. The number of rotatable bonds is 5. The second kappa shape index (κ2) is 10.3. The van der Waals surface area contributed by atoms with Crippen molar-refractivity contribution >= 4 is 11.9 Å². The SMILES string of the molecule is CN(C)C(=O)Cn1c2c(ccc1=O)CC(NCc1ccoc1)CC2.O=C(O)C(F)(F)F. The van der Waals surface area contributed by atoms with Crippen molar-refractivity contribution in [1.29, 1.82) is 0 Å². The Bertz CT molecular complexity index is 952. The maximum Gasteiger partial charge on any atom is 0.490 e. The van der Waals surface area contributed by atoms with Crippen LogP contribution in [0.5, 0.6) is 0 Å². The molecule has 11 heteroatoms. The maximum atomic E-state index is 12.2. The zero-order valence-electron chi connectivity index (χ0n) is 17.1. The molecular weight excluding hydrogens is 419 g/mol. The van der Waals surface area contributed by atoms with Crippen LogP contribution in [-0.2, 0) is 35.5 Å². The summed E-state index contributed by atoms with van der Waals surface area (Å²) in [6.45, 7) is 0.886. The zero-order chi connectivity index (χ0) is 23.2. The molecule has 3 rings (SSSR count). The van der Waals surface area contributed by atoms with Crippen LogP contribution in [0, 0.1) is 0 Å². The average Bonchev–Trinajstić information content (AvgIpc) is 3.21. The van der Waals surface area contributed by atoms with Gasteiger partial charge in [-0.3, -0.25) is 9.59 Å². The van der Waals surface area contributed by atoms with Gasteiger partial charge in [-0.1, -0.05) is 6.07 Å². The number of halogens is 3. The number of alkyl halides is 3. The Morgan fingerprint density at radius 1 is 1.29 bits per heavy atom. The van der Waals surface area contributed by atoms with Gasteiger partial charge in [-0.05, 0) is 30.9 Å². The summed E-state index contributed by atoms with van der Waals surface area (Å²) in [7, 11) is 3.41. The minimum Gasteiger partial charge on any atom is -0.475 e. The van der Waals surface area contributed by atoms with E-state index in [0.29, 0.717) is 6.04 Å². The van der Waals surface area contributed by atoms with E-state index in [-0.39, 0.29) is 18.0 Å². The molecule has 0 aromatic carbocycles. The molecule has 1 amide bonds. The Morgan fingerprint density at radius 3 is 2.52 bits per heavy atom. The Balaban J connectivity index is 0.000000423. The maximum absolute atomic E-state index is 12.2. The van der Waals surface area contributed by atoms with Gasteiger partial charge in [0.2, 0.25) is 5.91 Å². The van der Waals surface area contributed by atoms with E-state index in [4.69, 9.17) is 14.3 Å². The average molecular weight is 443 g/mol. The molecule has 2 aromatic rings. The summed E-state index contributed by atoms with van der Waals surface area (Å²) in [6, 6.07) is 5.79. The van der Waals surface area contributed by atoms with Crippen molar-refractivity contribution in [1.82, 2.24) is 14.8 Å². The predicted octanol–water partition coefficient (Wildman–Crippen LogP) is 1.81. The van der Waals surface area contributed by atoms with Crippen LogP contribution in [-0.4, -0.2) is 52.8 Å². The number of fused-ring (bicyclic) bond motifs is 1. The van der Waals surface area contributed by atoms with Gasteiger partial charge in [0.05, 0.1) is 12.5 Å². The van der Waals surface area contributed by atoms with Gasteiger partial charge in [0.25, 0.3) is 5.56 Å². The van der Waals surface area contributed by atoms with E-state index >= 15 is 0 Å². The van der Waals surface area contributed by atoms with Crippen LogP contribution in [0.15, 0.2) is 39.9 Å². The van der Waals surface area contributed by atoms with Crippen molar-refractivity contribution in [3.63, 3.8) is 0 Å². The van der Waals surface area contributed by atoms with E-state index in [0.717, 1.165) is 42.6 Å². The van der Waals surface area contributed by atoms with E-state index in [2.05, 4.69) is 5.32 Å². The molecule has 0 fully saturated rings. The number of hydrogen-bond acceptors (Lipinski definition) is 5. The number of pyridine rings is 1. The van der Waals surface area contributed by atoms with Crippen LogP contribution in [0.25, 0.3) is 0 Å². The van der Waals surface area contributed by atoms with Crippen molar-refractivity contribution in [3.05, 3.63) is 57.9 Å². The van der Waals surface area contributed by atoms with Crippen molar-refractivity contribution < 1.29 is 32.3 Å². The van der Waals surface area contributed by atoms with Crippen molar-refractivity contribution in [2.45, 2.75) is 44.6 Å². The van der Waals surface area contributed by atoms with E-state index in [1.54, 1.807) is 37.3 Å². The smallest absolute Gasteiger partial charge is 0.475 e. The number of aromatic nitrogens is 1. The molecule has 0 bridgehead atoms. The summed E-state index contributed by atoms with van der Waals surface area (Å²) < 4.78 is 38.4. The zero-order valence-corrected chi connectivity index (χ0v) is 17.1. The van der Waals surface area contributed by atoms with E-state index in [1.807, 2.05) is 12.1 Å². The van der Waals surface area contributed by atoms with Crippen LogP contribution in [0.4, 0.5) is 13.2 Å². The molecule has 0 aliphatic heterocycles. The molecule has 0 saturated carbocycles. The number of likely N-dealkylation sites (N-methyl/N-ethyl adjacent to an activating group) is 1. The number of carboxylic acids is 1. The highest BCUT2D eigenvalue weighted by Gasteiger charge is 2.38. The molecule has 1 aliphatic carbocycles. The van der Waals surface area contributed by atoms with Gasteiger partial charge in [-0.15, -0.1) is 0 Å². The Morgan fingerprint density at radius 2 is 1.97 bits per heavy atom. The van der Waals surface area contributed by atoms with Crippen molar-refractivity contribution in [2.24, 2.45) is 0 Å². The fraction of sp³-hybridized carbons (Fsp3) is 0.450. The Labute approximate surface area is 176 Å². The third-order valence-electron chi connectivity index (χ3n) is 4.80. The molecule has 0 radical (unpaired) electrons. The lowest BCUT2D eigenvalue weighted by atomic mass is 9.91. The first-order valence-electron chi connectivity index (χ1n) is 9.45. The van der Waals surface area contributed by atoms with Gasteiger partial charge in [0.15, 0.2) is 0 Å². The third-order valence-corrected chi connectivity index (χ3v) is 4.80. The Hall–Kier alpha value is -3.08. The third kappa shape index (κ3) is 6.99. The second-order valence-corrected chi connectivity index (χ2v) is 7.27. The molecule has 1 atom stereocenters. The molecule has 31 heavy (non-hydrogen) atoms. The van der Waals surface area contributed by atoms with Crippen LogP contribution < -0.4 is 10.9 Å². The number of hydrogen-bond donors (Lipinski definition) is 2. The highest BCUT2D eigenvalue weighted by Crippen LogP contribution is 2.21. The first-order chi connectivity index (χ1) is 14.5. The fourth-order valence-electron chi connectivity index (χ4n) is 3.10. The van der Waals surface area contributed by atoms with E-state index < -0.39 is 12.1 Å². The second-order valence-electron chi connectivity index (χ2n) is 7.27. The van der Waals surface area contributed by atoms with Gasteiger partial charge in [0.1, 0.15) is 6.54 Å². The lowest BCUT2D eigenvalue weighted by Crippen LogP contribution is -2.39. The number of carbonyl (C=O) groups is 2. The minimum atomic E-state index is -5.08. The van der Waals surface area contributed by atoms with E-state index in [1.165, 1.54) is 4.90 Å². The molecule has 2 N–H and O–H groups in total. The van der Waals surface area contributed by atoms with Gasteiger partial charge in [0, 0.05) is 44.0 Å². The monoisotopic (exact) mass is 443 g/mol. The number of amides is 1. The quantitative estimate of drug-likeness (QED) is 0.731. The van der Waals surface area contributed by atoms with E-state index in [9.17, 15) is 22.8 Å². The lowest BCUT2D eigenvalue weighted by Gasteiger charge is -2.28. The molecule has 0 saturated heterocycles. The van der Waals surface area contributed by atoms with Crippen molar-refractivity contribution in [2.75, 3.05) is 14.1 Å². The Kier molecular flexibility index (Phi) is 8.03. The number of carboxylic acid groups (broad SMARTS) is 1. The van der Waals surface area contributed by atoms with Gasteiger partial charge >= 0.3 is 12.1 Å². The molecule has 170 valence electrons. The summed E-state index contributed by atoms with van der Waals surface area (Å²) in [6.07, 6.45) is 0.950. The lowest BCUT2D eigenvalue weighted by molar-refractivity contribution is -0.192. The highest BCUT2D eigenvalue weighted by molar-refractivity contribution is 5.75. The topological polar surface area (TPSA) is 105 Å². The number of nitrogens with zero attached hydrogens (tertiary/aromatic N) is 2. The summed E-state index contributed by atoms with van der Waals surface area (Å²) in [5, 5.41) is 10.7. The first kappa shape index (κ1) is 24.2. The molecule has 2 aromatic heterocycles. The molecule has 2 heterocycles. The number of nitrogens with one attached hydrogen (secondary N) is 1. The normalized spacial score (nSPS) is 15.5. The molecule has 8 nitrogen and oxygen atoms in total. The summed E-state index contributed by atoms with van der Waals surface area (Å²) in [5.41, 5.74) is 3.17. The largest absolute Gasteiger partial charge is 0.490 e.